The molecule has 0 aliphatic rings. The van der Waals surface area contributed by atoms with Gasteiger partial charge in [0.05, 0.1) is 36.9 Å². The van der Waals surface area contributed by atoms with Crippen molar-refractivity contribution in [3.05, 3.63) is 53.6 Å². The largest absolute Gasteiger partial charge is 0.497 e. The molecule has 2 aromatic carbocycles. The summed E-state index contributed by atoms with van der Waals surface area (Å²) in [5.41, 5.74) is 2.10. The monoisotopic (exact) mass is 348 g/mol. The number of aliphatic hydroxyl groups excluding tert-OH is 1. The maximum Gasteiger partial charge on any atom is 0.122 e. The van der Waals surface area contributed by atoms with E-state index in [1.165, 1.54) is 0 Å². The van der Waals surface area contributed by atoms with E-state index < -0.39 is 16.9 Å². The van der Waals surface area contributed by atoms with Crippen LogP contribution in [-0.2, 0) is 17.2 Å². The lowest BCUT2D eigenvalue weighted by atomic mass is 10.1. The highest BCUT2D eigenvalue weighted by Gasteiger charge is 2.13. The van der Waals surface area contributed by atoms with Crippen molar-refractivity contribution in [2.24, 2.45) is 0 Å². The number of aryl methyl sites for hydroxylation is 2. The summed E-state index contributed by atoms with van der Waals surface area (Å²) in [4.78, 5) is 0.749. The second kappa shape index (κ2) is 8.85. The first-order valence-electron chi connectivity index (χ1n) is 7.87. The van der Waals surface area contributed by atoms with Gasteiger partial charge in [0.25, 0.3) is 0 Å². The summed E-state index contributed by atoms with van der Waals surface area (Å²) in [6, 6.07) is 13.2. The second-order valence-electron chi connectivity index (χ2n) is 5.70. The van der Waals surface area contributed by atoms with E-state index >= 15 is 0 Å². The molecule has 0 spiro atoms. The van der Waals surface area contributed by atoms with Crippen LogP contribution in [0, 0.1) is 6.92 Å². The van der Waals surface area contributed by atoms with E-state index in [1.807, 2.05) is 49.4 Å². The number of hydrogen-bond donors (Lipinski definition) is 1. The van der Waals surface area contributed by atoms with Crippen molar-refractivity contribution in [2.45, 2.75) is 30.8 Å². The molecule has 0 fully saturated rings. The Morgan fingerprint density at radius 3 is 2.42 bits per heavy atom. The van der Waals surface area contributed by atoms with Gasteiger partial charge in [-0.1, -0.05) is 17.7 Å². The maximum absolute atomic E-state index is 12.3. The zero-order valence-corrected chi connectivity index (χ0v) is 15.1. The van der Waals surface area contributed by atoms with Crippen LogP contribution in [0.3, 0.4) is 0 Å². The summed E-state index contributed by atoms with van der Waals surface area (Å²) in [5.74, 6) is 1.75. The van der Waals surface area contributed by atoms with E-state index in [-0.39, 0.29) is 5.75 Å². The smallest absolute Gasteiger partial charge is 0.122 e. The minimum atomic E-state index is -1.20. The molecule has 2 atom stereocenters. The first-order valence-corrected chi connectivity index (χ1v) is 9.19. The summed E-state index contributed by atoms with van der Waals surface area (Å²) in [7, 11) is 2.04. The third kappa shape index (κ3) is 5.08. The number of aliphatic hydroxyl groups is 1. The van der Waals surface area contributed by atoms with Gasteiger partial charge in [-0.3, -0.25) is 4.21 Å². The van der Waals surface area contributed by atoms with Crippen molar-refractivity contribution in [2.75, 3.05) is 20.0 Å². The van der Waals surface area contributed by atoms with E-state index in [0.717, 1.165) is 27.5 Å². The topological polar surface area (TPSA) is 55.8 Å². The minimum Gasteiger partial charge on any atom is -0.497 e. The molecule has 0 aliphatic heterocycles. The molecule has 0 saturated carbocycles. The minimum absolute atomic E-state index is 0.231. The molecule has 0 aromatic heterocycles. The van der Waals surface area contributed by atoms with Crippen molar-refractivity contribution in [3.8, 4) is 11.5 Å². The maximum atomic E-state index is 12.3. The van der Waals surface area contributed by atoms with E-state index in [9.17, 15) is 9.32 Å². The Balaban J connectivity index is 1.94. The first kappa shape index (κ1) is 18.5. The van der Waals surface area contributed by atoms with Gasteiger partial charge in [0, 0.05) is 4.90 Å². The quantitative estimate of drug-likeness (QED) is 0.796. The first-order chi connectivity index (χ1) is 11.5. The van der Waals surface area contributed by atoms with Gasteiger partial charge in [-0.2, -0.15) is 0 Å². The fourth-order valence-electron chi connectivity index (χ4n) is 2.44. The molecular formula is C19H24O4S. The van der Waals surface area contributed by atoms with E-state index in [2.05, 4.69) is 0 Å². The van der Waals surface area contributed by atoms with Crippen LogP contribution in [0.5, 0.6) is 11.5 Å². The SMILES string of the molecule is COc1ccc(OC)c(CC[C@@H](O)CS(=O)c2ccc(C)cc2)c1. The third-order valence-electron chi connectivity index (χ3n) is 3.86. The van der Waals surface area contributed by atoms with Crippen LogP contribution in [0.4, 0.5) is 0 Å². The normalized spacial score (nSPS) is 13.3. The molecule has 24 heavy (non-hydrogen) atoms. The van der Waals surface area contributed by atoms with E-state index in [0.29, 0.717) is 12.8 Å². The Kier molecular flexibility index (Phi) is 6.82. The fourth-order valence-corrected chi connectivity index (χ4v) is 3.59. The zero-order chi connectivity index (χ0) is 17.5. The van der Waals surface area contributed by atoms with Crippen LogP contribution in [-0.4, -0.2) is 35.4 Å². The van der Waals surface area contributed by atoms with Gasteiger partial charge in [-0.05, 0) is 55.7 Å². The molecule has 0 saturated heterocycles. The molecule has 0 aliphatic carbocycles. The molecule has 2 aromatic rings. The van der Waals surface area contributed by atoms with Crippen molar-refractivity contribution in [3.63, 3.8) is 0 Å². The van der Waals surface area contributed by atoms with Crippen molar-refractivity contribution in [1.29, 1.82) is 0 Å². The van der Waals surface area contributed by atoms with Crippen LogP contribution in [0.15, 0.2) is 47.4 Å². The summed E-state index contributed by atoms with van der Waals surface area (Å²) in [5, 5.41) is 10.2. The highest BCUT2D eigenvalue weighted by atomic mass is 32.2. The standard InChI is InChI=1S/C19H24O4S/c1-14-4-9-18(10-5-14)24(21)13-16(20)7-6-15-12-17(22-2)8-11-19(15)23-3/h4-5,8-12,16,20H,6-7,13H2,1-3H3/t16-,24?/m1/s1. The second-order valence-corrected chi connectivity index (χ2v) is 7.19. The molecule has 1 unspecified atom stereocenters. The van der Waals surface area contributed by atoms with Crippen LogP contribution in [0.25, 0.3) is 0 Å². The fraction of sp³-hybridized carbons (Fsp3) is 0.368. The van der Waals surface area contributed by atoms with E-state index in [4.69, 9.17) is 9.47 Å². The molecule has 1 N–H and O–H groups in total. The summed E-state index contributed by atoms with van der Waals surface area (Å²) >= 11 is 0. The third-order valence-corrected chi connectivity index (χ3v) is 5.35. The number of methoxy groups -OCH3 is 2. The Morgan fingerprint density at radius 2 is 1.79 bits per heavy atom. The zero-order valence-electron chi connectivity index (χ0n) is 14.3. The molecule has 2 rings (SSSR count). The highest BCUT2D eigenvalue weighted by Crippen LogP contribution is 2.25. The molecule has 0 radical (unpaired) electrons. The molecule has 0 heterocycles. The average molecular weight is 348 g/mol. The lowest BCUT2D eigenvalue weighted by Gasteiger charge is -2.13. The predicted octanol–water partition coefficient (Wildman–Crippen LogP) is 3.11. The summed E-state index contributed by atoms with van der Waals surface area (Å²) < 4.78 is 22.9. The highest BCUT2D eigenvalue weighted by molar-refractivity contribution is 7.85. The molecule has 0 bridgehead atoms. The van der Waals surface area contributed by atoms with Crippen molar-refractivity contribution >= 4 is 10.8 Å². The van der Waals surface area contributed by atoms with Crippen molar-refractivity contribution < 1.29 is 18.8 Å². The van der Waals surface area contributed by atoms with Gasteiger partial charge >= 0.3 is 0 Å². The van der Waals surface area contributed by atoms with Gasteiger partial charge in [-0.15, -0.1) is 0 Å². The molecule has 5 heteroatoms. The van der Waals surface area contributed by atoms with Crippen molar-refractivity contribution in [1.82, 2.24) is 0 Å². The molecule has 0 amide bonds. The Hall–Kier alpha value is -1.85. The van der Waals surface area contributed by atoms with Gasteiger partial charge in [0.2, 0.25) is 0 Å². The van der Waals surface area contributed by atoms with Gasteiger partial charge in [0.1, 0.15) is 11.5 Å². The van der Waals surface area contributed by atoms with Gasteiger partial charge in [0.15, 0.2) is 0 Å². The average Bonchev–Trinajstić information content (AvgIpc) is 2.60. The lowest BCUT2D eigenvalue weighted by molar-refractivity contribution is 0.188. The summed E-state index contributed by atoms with van der Waals surface area (Å²) in [6.45, 7) is 1.99. The number of benzene rings is 2. The van der Waals surface area contributed by atoms with Crippen LogP contribution in [0.1, 0.15) is 17.5 Å². The van der Waals surface area contributed by atoms with Crippen LogP contribution in [0.2, 0.25) is 0 Å². The number of rotatable bonds is 8. The van der Waals surface area contributed by atoms with Crippen LogP contribution >= 0.6 is 0 Å². The predicted molar refractivity (Wildman–Crippen MR) is 96.3 cm³/mol. The molecule has 4 nitrogen and oxygen atoms in total. The van der Waals surface area contributed by atoms with Crippen LogP contribution < -0.4 is 9.47 Å². The molecule has 130 valence electrons. The Bertz CT molecular complexity index is 682. The van der Waals surface area contributed by atoms with E-state index in [1.54, 1.807) is 14.2 Å². The summed E-state index contributed by atoms with van der Waals surface area (Å²) in [6.07, 6.45) is 0.511. The number of ether oxygens (including phenoxy) is 2. The Labute approximate surface area is 145 Å². The number of hydrogen-bond acceptors (Lipinski definition) is 4. The van der Waals surface area contributed by atoms with Gasteiger partial charge in [-0.25, -0.2) is 0 Å². The van der Waals surface area contributed by atoms with Gasteiger partial charge < -0.3 is 14.6 Å². The molecular weight excluding hydrogens is 324 g/mol. The lowest BCUT2D eigenvalue weighted by Crippen LogP contribution is -2.17. The Morgan fingerprint density at radius 1 is 1.08 bits per heavy atom.